The molecule has 1 aromatic carbocycles. The minimum absolute atomic E-state index is 0.161. The predicted molar refractivity (Wildman–Crippen MR) is 78.9 cm³/mol. The van der Waals surface area contributed by atoms with Gasteiger partial charge in [-0.15, -0.1) is 0 Å². The smallest absolute Gasteiger partial charge is 0.255 e. The standard InChI is InChI=1S/C16H19NO4/c1-10(17-16(18)13-7-8-21-11(13)2)12-5-6-14(19-3)15(9-12)20-4/h5-10H,1-4H3,(H,17,18)/t10-/m1/s1. The Kier molecular flexibility index (Phi) is 4.52. The number of aryl methyl sites for hydroxylation is 1. The average molecular weight is 289 g/mol. The van der Waals surface area contributed by atoms with E-state index in [0.29, 0.717) is 22.8 Å². The first-order valence-corrected chi connectivity index (χ1v) is 6.63. The summed E-state index contributed by atoms with van der Waals surface area (Å²) in [4.78, 5) is 12.2. The number of hydrogen-bond acceptors (Lipinski definition) is 4. The summed E-state index contributed by atoms with van der Waals surface area (Å²) >= 11 is 0. The van der Waals surface area contributed by atoms with Gasteiger partial charge in [0, 0.05) is 0 Å². The van der Waals surface area contributed by atoms with Gasteiger partial charge in [-0.2, -0.15) is 0 Å². The zero-order valence-electron chi connectivity index (χ0n) is 12.6. The van der Waals surface area contributed by atoms with Gasteiger partial charge in [-0.25, -0.2) is 0 Å². The van der Waals surface area contributed by atoms with Crippen LogP contribution in [0.5, 0.6) is 11.5 Å². The molecule has 0 aliphatic heterocycles. The van der Waals surface area contributed by atoms with E-state index < -0.39 is 0 Å². The molecule has 1 N–H and O–H groups in total. The van der Waals surface area contributed by atoms with Crippen LogP contribution in [0.2, 0.25) is 0 Å². The molecule has 5 nitrogen and oxygen atoms in total. The zero-order valence-corrected chi connectivity index (χ0v) is 12.6. The van der Waals surface area contributed by atoms with E-state index in [2.05, 4.69) is 5.32 Å². The van der Waals surface area contributed by atoms with Crippen molar-refractivity contribution < 1.29 is 18.7 Å². The SMILES string of the molecule is COc1ccc([C@@H](C)NC(=O)c2ccoc2C)cc1OC. The molecule has 5 heteroatoms. The number of hydrogen-bond donors (Lipinski definition) is 1. The molecule has 0 unspecified atom stereocenters. The summed E-state index contributed by atoms with van der Waals surface area (Å²) < 4.78 is 15.6. The second-order valence-electron chi connectivity index (χ2n) is 4.70. The van der Waals surface area contributed by atoms with Crippen LogP contribution in [0.3, 0.4) is 0 Å². The molecule has 0 aliphatic carbocycles. The van der Waals surface area contributed by atoms with Gasteiger partial charge in [-0.1, -0.05) is 6.07 Å². The lowest BCUT2D eigenvalue weighted by molar-refractivity contribution is 0.0938. The largest absolute Gasteiger partial charge is 0.493 e. The van der Waals surface area contributed by atoms with Gasteiger partial charge >= 0.3 is 0 Å². The van der Waals surface area contributed by atoms with Crippen molar-refractivity contribution in [2.75, 3.05) is 14.2 Å². The van der Waals surface area contributed by atoms with E-state index in [4.69, 9.17) is 13.9 Å². The monoisotopic (exact) mass is 289 g/mol. The van der Waals surface area contributed by atoms with Crippen LogP contribution < -0.4 is 14.8 Å². The molecular weight excluding hydrogens is 270 g/mol. The lowest BCUT2D eigenvalue weighted by Crippen LogP contribution is -2.26. The molecule has 1 amide bonds. The Balaban J connectivity index is 2.15. The molecule has 0 spiro atoms. The number of ether oxygens (including phenoxy) is 2. The van der Waals surface area contributed by atoms with Crippen LogP contribution in [0.15, 0.2) is 34.9 Å². The van der Waals surface area contributed by atoms with Crippen LogP contribution >= 0.6 is 0 Å². The minimum Gasteiger partial charge on any atom is -0.493 e. The normalized spacial score (nSPS) is 11.8. The number of carbonyl (C=O) groups excluding carboxylic acids is 1. The van der Waals surface area contributed by atoms with Gasteiger partial charge < -0.3 is 19.2 Å². The highest BCUT2D eigenvalue weighted by molar-refractivity contribution is 5.95. The number of rotatable bonds is 5. The van der Waals surface area contributed by atoms with Crippen molar-refractivity contribution in [1.29, 1.82) is 0 Å². The Morgan fingerprint density at radius 3 is 2.48 bits per heavy atom. The summed E-state index contributed by atoms with van der Waals surface area (Å²) in [6.45, 7) is 3.67. The summed E-state index contributed by atoms with van der Waals surface area (Å²) in [5.74, 6) is 1.73. The lowest BCUT2D eigenvalue weighted by Gasteiger charge is -2.16. The molecule has 0 fully saturated rings. The molecule has 1 heterocycles. The molecule has 1 atom stereocenters. The third-order valence-electron chi connectivity index (χ3n) is 3.36. The molecule has 0 saturated heterocycles. The maximum atomic E-state index is 12.2. The van der Waals surface area contributed by atoms with Crippen molar-refractivity contribution in [1.82, 2.24) is 5.32 Å². The molecule has 0 saturated carbocycles. The van der Waals surface area contributed by atoms with Crippen LogP contribution in [-0.2, 0) is 0 Å². The molecule has 2 aromatic rings. The first-order valence-electron chi connectivity index (χ1n) is 6.63. The van der Waals surface area contributed by atoms with Crippen LogP contribution in [0.25, 0.3) is 0 Å². The molecule has 1 aromatic heterocycles. The second kappa shape index (κ2) is 6.35. The molecule has 0 aliphatic rings. The fourth-order valence-corrected chi connectivity index (χ4v) is 2.10. The summed E-state index contributed by atoms with van der Waals surface area (Å²) in [5.41, 5.74) is 1.48. The molecule has 0 bridgehead atoms. The molecule has 2 rings (SSSR count). The van der Waals surface area contributed by atoms with Crippen molar-refractivity contribution in [3.05, 3.63) is 47.4 Å². The van der Waals surface area contributed by atoms with Gasteiger partial charge in [0.2, 0.25) is 0 Å². The fraction of sp³-hybridized carbons (Fsp3) is 0.312. The molecule has 0 radical (unpaired) electrons. The lowest BCUT2D eigenvalue weighted by atomic mass is 10.1. The van der Waals surface area contributed by atoms with Crippen LogP contribution in [0.1, 0.15) is 34.6 Å². The highest BCUT2D eigenvalue weighted by Crippen LogP contribution is 2.30. The van der Waals surface area contributed by atoms with Crippen molar-refractivity contribution in [2.45, 2.75) is 19.9 Å². The topological polar surface area (TPSA) is 60.7 Å². The summed E-state index contributed by atoms with van der Waals surface area (Å²) in [7, 11) is 3.17. The van der Waals surface area contributed by atoms with Gasteiger partial charge in [0.1, 0.15) is 5.76 Å². The first kappa shape index (κ1) is 15.0. The van der Waals surface area contributed by atoms with Crippen molar-refractivity contribution in [3.8, 4) is 11.5 Å². The Hall–Kier alpha value is -2.43. The minimum atomic E-state index is -0.163. The van der Waals surface area contributed by atoms with E-state index in [0.717, 1.165) is 5.56 Å². The average Bonchev–Trinajstić information content (AvgIpc) is 2.92. The number of carbonyl (C=O) groups is 1. The summed E-state index contributed by atoms with van der Waals surface area (Å²) in [6, 6.07) is 7.07. The maximum absolute atomic E-state index is 12.2. The van der Waals surface area contributed by atoms with E-state index in [9.17, 15) is 4.79 Å². The highest BCUT2D eigenvalue weighted by atomic mass is 16.5. The van der Waals surface area contributed by atoms with Gasteiger partial charge in [0.15, 0.2) is 11.5 Å². The second-order valence-corrected chi connectivity index (χ2v) is 4.70. The zero-order chi connectivity index (χ0) is 15.4. The van der Waals surface area contributed by atoms with Crippen LogP contribution in [-0.4, -0.2) is 20.1 Å². The number of benzene rings is 1. The van der Waals surface area contributed by atoms with E-state index >= 15 is 0 Å². The molecule has 21 heavy (non-hydrogen) atoms. The highest BCUT2D eigenvalue weighted by Gasteiger charge is 2.16. The number of amides is 1. The quantitative estimate of drug-likeness (QED) is 0.918. The van der Waals surface area contributed by atoms with Gasteiger partial charge in [-0.05, 0) is 37.6 Å². The third kappa shape index (κ3) is 3.18. The number of nitrogens with one attached hydrogen (secondary N) is 1. The number of furan rings is 1. The Morgan fingerprint density at radius 1 is 1.19 bits per heavy atom. The molecular formula is C16H19NO4. The van der Waals surface area contributed by atoms with E-state index in [1.807, 2.05) is 25.1 Å². The summed E-state index contributed by atoms with van der Waals surface area (Å²) in [5, 5.41) is 2.93. The Morgan fingerprint density at radius 2 is 1.90 bits per heavy atom. The van der Waals surface area contributed by atoms with Gasteiger partial charge in [0.05, 0.1) is 32.1 Å². The third-order valence-corrected chi connectivity index (χ3v) is 3.36. The van der Waals surface area contributed by atoms with Crippen LogP contribution in [0.4, 0.5) is 0 Å². The van der Waals surface area contributed by atoms with Crippen molar-refractivity contribution >= 4 is 5.91 Å². The van der Waals surface area contributed by atoms with E-state index in [-0.39, 0.29) is 11.9 Å². The molecule has 112 valence electrons. The number of methoxy groups -OCH3 is 2. The van der Waals surface area contributed by atoms with E-state index in [1.54, 1.807) is 27.2 Å². The predicted octanol–water partition coefficient (Wildman–Crippen LogP) is 3.10. The van der Waals surface area contributed by atoms with Crippen molar-refractivity contribution in [2.24, 2.45) is 0 Å². The van der Waals surface area contributed by atoms with Crippen molar-refractivity contribution in [3.63, 3.8) is 0 Å². The van der Waals surface area contributed by atoms with E-state index in [1.165, 1.54) is 6.26 Å². The maximum Gasteiger partial charge on any atom is 0.255 e. The first-order chi connectivity index (χ1) is 10.1. The van der Waals surface area contributed by atoms with Crippen LogP contribution in [0, 0.1) is 6.92 Å². The fourth-order valence-electron chi connectivity index (χ4n) is 2.10. The summed E-state index contributed by atoms with van der Waals surface area (Å²) in [6.07, 6.45) is 1.51. The Bertz CT molecular complexity index is 633. The van der Waals surface area contributed by atoms with Gasteiger partial charge in [-0.3, -0.25) is 4.79 Å². The van der Waals surface area contributed by atoms with Gasteiger partial charge in [0.25, 0.3) is 5.91 Å². The Labute approximate surface area is 123 Å².